The van der Waals surface area contributed by atoms with Crippen LogP contribution in [0.15, 0.2) is 30.5 Å². The molecule has 2 saturated heterocycles. The van der Waals surface area contributed by atoms with Crippen molar-refractivity contribution in [1.82, 2.24) is 34.5 Å². The van der Waals surface area contributed by atoms with Crippen LogP contribution in [0.5, 0.6) is 5.88 Å². The Hall–Kier alpha value is -3.38. The van der Waals surface area contributed by atoms with E-state index < -0.39 is 12.5 Å². The molecular weight excluding hydrogens is 470 g/mol. The zero-order valence-corrected chi connectivity index (χ0v) is 20.1. The molecule has 0 radical (unpaired) electrons. The second kappa shape index (κ2) is 9.25. The fourth-order valence-corrected chi connectivity index (χ4v) is 4.97. The molecule has 36 heavy (non-hydrogen) atoms. The molecule has 4 aromatic rings. The maximum Gasteiger partial charge on any atom is 0.260 e. The molecule has 0 saturated carbocycles. The molecule has 190 valence electrons. The lowest BCUT2D eigenvalue weighted by molar-refractivity contribution is -0.0705. The molecule has 10 nitrogen and oxygen atoms in total. The minimum absolute atomic E-state index is 0.284. The largest absolute Gasteiger partial charge is 0.479 e. The number of nitrogens with zero attached hydrogens (tertiary/aromatic N) is 7. The van der Waals surface area contributed by atoms with Crippen molar-refractivity contribution in [1.29, 1.82) is 0 Å². The van der Waals surface area contributed by atoms with E-state index in [1.165, 1.54) is 11.6 Å². The highest BCUT2D eigenvalue weighted by Crippen LogP contribution is 2.34. The van der Waals surface area contributed by atoms with Crippen molar-refractivity contribution in [2.24, 2.45) is 0 Å². The number of anilines is 1. The van der Waals surface area contributed by atoms with Gasteiger partial charge in [0.15, 0.2) is 0 Å². The number of hydrogen-bond donors (Lipinski definition) is 1. The Balaban J connectivity index is 1.28. The number of piperidine rings is 1. The van der Waals surface area contributed by atoms with Crippen LogP contribution in [0.2, 0.25) is 0 Å². The average Bonchev–Trinajstić information content (AvgIpc) is 3.47. The smallest absolute Gasteiger partial charge is 0.260 e. The molecule has 2 aliphatic heterocycles. The summed E-state index contributed by atoms with van der Waals surface area (Å²) in [6.07, 6.45) is 1.32. The van der Waals surface area contributed by atoms with Crippen LogP contribution in [0, 0.1) is 0 Å². The Morgan fingerprint density at radius 1 is 1.17 bits per heavy atom. The number of fused-ring (bicyclic) bond motifs is 2. The lowest BCUT2D eigenvalue weighted by Crippen LogP contribution is -2.53. The second-order valence-corrected chi connectivity index (χ2v) is 9.43. The molecule has 6 rings (SSSR count). The first-order valence-electron chi connectivity index (χ1n) is 12.2. The van der Waals surface area contributed by atoms with E-state index in [2.05, 4.69) is 30.6 Å². The number of alkyl halides is 2. The number of aromatic nitrogens is 6. The molecule has 0 amide bonds. The number of benzene rings is 1. The summed E-state index contributed by atoms with van der Waals surface area (Å²) in [7, 11) is 1.58. The predicted octanol–water partition coefficient (Wildman–Crippen LogP) is 3.25. The van der Waals surface area contributed by atoms with Crippen LogP contribution in [-0.4, -0.2) is 86.4 Å². The van der Waals surface area contributed by atoms with E-state index in [0.717, 1.165) is 50.3 Å². The quantitative estimate of drug-likeness (QED) is 0.415. The summed E-state index contributed by atoms with van der Waals surface area (Å²) in [4.78, 5) is 7.14. The molecule has 2 aliphatic rings. The maximum absolute atomic E-state index is 13.3. The van der Waals surface area contributed by atoms with Crippen molar-refractivity contribution in [3.8, 4) is 17.0 Å². The normalized spacial score (nSPS) is 18.7. The second-order valence-electron chi connectivity index (χ2n) is 9.43. The Morgan fingerprint density at radius 3 is 2.67 bits per heavy atom. The third-order valence-electron chi connectivity index (χ3n) is 7.20. The lowest BCUT2D eigenvalue weighted by atomic mass is 10.0. The van der Waals surface area contributed by atoms with Gasteiger partial charge < -0.3 is 14.8 Å². The minimum atomic E-state index is -2.55. The number of methoxy groups -OCH3 is 1. The van der Waals surface area contributed by atoms with Crippen molar-refractivity contribution < 1.29 is 18.3 Å². The first-order chi connectivity index (χ1) is 17.5. The Labute approximate surface area is 206 Å². The van der Waals surface area contributed by atoms with Crippen molar-refractivity contribution in [2.45, 2.75) is 44.3 Å². The van der Waals surface area contributed by atoms with Gasteiger partial charge in [-0.15, -0.1) is 10.2 Å². The highest BCUT2D eigenvalue weighted by atomic mass is 19.3. The Kier molecular flexibility index (Phi) is 5.92. The van der Waals surface area contributed by atoms with Gasteiger partial charge in [-0.1, -0.05) is 11.3 Å². The van der Waals surface area contributed by atoms with Gasteiger partial charge in [-0.2, -0.15) is 4.98 Å². The van der Waals surface area contributed by atoms with Crippen LogP contribution in [0.1, 0.15) is 25.8 Å². The van der Waals surface area contributed by atoms with E-state index in [1.54, 1.807) is 17.7 Å². The monoisotopic (exact) mass is 498 g/mol. The molecule has 1 N–H and O–H groups in total. The molecule has 2 fully saturated rings. The number of hydrogen-bond acceptors (Lipinski definition) is 8. The molecule has 0 aliphatic carbocycles. The molecule has 12 heteroatoms. The van der Waals surface area contributed by atoms with Gasteiger partial charge in [0.05, 0.1) is 31.9 Å². The van der Waals surface area contributed by atoms with Crippen LogP contribution in [-0.2, 0) is 4.74 Å². The first kappa shape index (κ1) is 23.0. The molecule has 0 spiro atoms. The molecule has 0 bridgehead atoms. The number of ether oxygens (including phenoxy) is 2. The van der Waals surface area contributed by atoms with Gasteiger partial charge in [0, 0.05) is 30.9 Å². The fraction of sp³-hybridized carbons (Fsp3) is 0.500. The Morgan fingerprint density at radius 2 is 1.97 bits per heavy atom. The summed E-state index contributed by atoms with van der Waals surface area (Å²) >= 11 is 0. The lowest BCUT2D eigenvalue weighted by Gasteiger charge is -2.41. The van der Waals surface area contributed by atoms with Gasteiger partial charge in [0.25, 0.3) is 6.43 Å². The third-order valence-corrected chi connectivity index (χ3v) is 7.20. The van der Waals surface area contributed by atoms with Crippen LogP contribution in [0.4, 0.5) is 14.7 Å². The third kappa shape index (κ3) is 4.03. The number of likely N-dealkylation sites (tertiary alicyclic amines) is 1. The van der Waals surface area contributed by atoms with E-state index in [1.807, 2.05) is 24.4 Å². The van der Waals surface area contributed by atoms with Crippen molar-refractivity contribution in [3.05, 3.63) is 30.5 Å². The number of nitrogens with one attached hydrogen (secondary N) is 1. The topological polar surface area (TPSA) is 94.6 Å². The van der Waals surface area contributed by atoms with Crippen LogP contribution in [0.3, 0.4) is 0 Å². The summed E-state index contributed by atoms with van der Waals surface area (Å²) in [5.41, 5.74) is 3.43. The standard InChI is InChI=1S/C24H28F2N8O2/c1-14(22(25)26)34-20-11-15(3-4-19(20)29-31-34)18-7-10-33-21(18)23(35-2)28-24(30-33)27-16-5-8-32(9-6-16)17-12-36-13-17/h3-4,7,10-11,14,16-17,22H,5-6,8-9,12-13H2,1-2H3,(H,27,30)/t14-/m0/s1. The summed E-state index contributed by atoms with van der Waals surface area (Å²) in [5, 5.41) is 16.1. The average molecular weight is 499 g/mol. The van der Waals surface area contributed by atoms with Gasteiger partial charge in [0.2, 0.25) is 11.8 Å². The van der Waals surface area contributed by atoms with Crippen LogP contribution >= 0.6 is 0 Å². The summed E-state index contributed by atoms with van der Waals surface area (Å²) in [6, 6.07) is 7.15. The van der Waals surface area contributed by atoms with Crippen molar-refractivity contribution in [2.75, 3.05) is 38.7 Å². The zero-order valence-electron chi connectivity index (χ0n) is 20.1. The highest BCUT2D eigenvalue weighted by molar-refractivity contribution is 5.89. The van der Waals surface area contributed by atoms with Crippen LogP contribution < -0.4 is 10.1 Å². The SMILES string of the molecule is COc1nc(NC2CCN(C3COC3)CC2)nn2ccc(-c3ccc4nnn([C@@H](C)C(F)F)c4c3)c12. The highest BCUT2D eigenvalue weighted by Gasteiger charge is 2.30. The van der Waals surface area contributed by atoms with Crippen LogP contribution in [0.25, 0.3) is 27.7 Å². The minimum Gasteiger partial charge on any atom is -0.479 e. The molecule has 1 atom stereocenters. The Bertz CT molecular complexity index is 1380. The molecule has 3 aromatic heterocycles. The molecule has 1 aromatic carbocycles. The van der Waals surface area contributed by atoms with E-state index in [-0.39, 0.29) is 6.04 Å². The fourth-order valence-electron chi connectivity index (χ4n) is 4.97. The number of rotatable bonds is 7. The van der Waals surface area contributed by atoms with E-state index in [9.17, 15) is 8.78 Å². The summed E-state index contributed by atoms with van der Waals surface area (Å²) in [5.74, 6) is 0.944. The molecule has 5 heterocycles. The van der Waals surface area contributed by atoms with E-state index >= 15 is 0 Å². The summed E-state index contributed by atoms with van der Waals surface area (Å²) in [6.45, 7) is 5.15. The maximum atomic E-state index is 13.3. The molecule has 0 unspecified atom stereocenters. The van der Waals surface area contributed by atoms with Gasteiger partial charge in [-0.3, -0.25) is 4.90 Å². The van der Waals surface area contributed by atoms with Gasteiger partial charge in [0.1, 0.15) is 17.1 Å². The predicted molar refractivity (Wildman–Crippen MR) is 130 cm³/mol. The van der Waals surface area contributed by atoms with E-state index in [0.29, 0.717) is 34.4 Å². The first-order valence-corrected chi connectivity index (χ1v) is 12.2. The van der Waals surface area contributed by atoms with Crippen molar-refractivity contribution in [3.63, 3.8) is 0 Å². The molecular formula is C24H28F2N8O2. The van der Waals surface area contributed by atoms with Gasteiger partial charge in [-0.25, -0.2) is 18.0 Å². The van der Waals surface area contributed by atoms with Crippen molar-refractivity contribution >= 4 is 22.5 Å². The van der Waals surface area contributed by atoms with Gasteiger partial charge in [-0.05, 0) is 43.5 Å². The van der Waals surface area contributed by atoms with Gasteiger partial charge >= 0.3 is 0 Å². The van der Waals surface area contributed by atoms with E-state index in [4.69, 9.17) is 9.47 Å². The number of halogens is 2. The zero-order chi connectivity index (χ0) is 24.8. The summed E-state index contributed by atoms with van der Waals surface area (Å²) < 4.78 is 40.7.